The molecule has 0 saturated carbocycles. The van der Waals surface area contributed by atoms with Crippen molar-refractivity contribution in [3.63, 3.8) is 0 Å². The minimum atomic E-state index is 0.672. The monoisotopic (exact) mass is 400 g/mol. The second kappa shape index (κ2) is 8.71. The van der Waals surface area contributed by atoms with Crippen molar-refractivity contribution < 1.29 is 9.47 Å². The van der Waals surface area contributed by atoms with Crippen LogP contribution in [0.15, 0.2) is 83.9 Å². The molecular weight excluding hydrogens is 380 g/mol. The second-order valence-corrected chi connectivity index (χ2v) is 7.26. The van der Waals surface area contributed by atoms with E-state index in [0.29, 0.717) is 16.6 Å². The van der Waals surface area contributed by atoms with Crippen LogP contribution >= 0.6 is 11.3 Å². The maximum absolute atomic E-state index is 5.37. The lowest BCUT2D eigenvalue weighted by Gasteiger charge is -2.07. The predicted molar refractivity (Wildman–Crippen MR) is 120 cm³/mol. The molecule has 0 saturated heterocycles. The van der Waals surface area contributed by atoms with Gasteiger partial charge >= 0.3 is 0 Å². The maximum Gasteiger partial charge on any atom is 0.210 e. The van der Waals surface area contributed by atoms with Gasteiger partial charge in [-0.2, -0.15) is 0 Å². The molecule has 4 aromatic rings. The van der Waals surface area contributed by atoms with Crippen LogP contribution in [0.25, 0.3) is 21.7 Å². The molecule has 1 heterocycles. The Morgan fingerprint density at radius 1 is 0.793 bits per heavy atom. The van der Waals surface area contributed by atoms with Gasteiger partial charge < -0.3 is 9.47 Å². The third-order valence-electron chi connectivity index (χ3n) is 4.43. The van der Waals surface area contributed by atoms with E-state index in [0.717, 1.165) is 27.3 Å². The van der Waals surface area contributed by atoms with Crippen LogP contribution in [0.5, 0.6) is 11.5 Å². The van der Waals surface area contributed by atoms with Crippen molar-refractivity contribution in [2.45, 2.75) is 0 Å². The van der Waals surface area contributed by atoms with Crippen molar-refractivity contribution >= 4 is 22.7 Å². The van der Waals surface area contributed by atoms with E-state index in [-0.39, 0.29) is 0 Å². The van der Waals surface area contributed by atoms with Gasteiger partial charge in [-0.1, -0.05) is 72.0 Å². The molecule has 5 heteroatoms. The lowest BCUT2D eigenvalue weighted by molar-refractivity contribution is 0.355. The number of rotatable bonds is 6. The quantitative estimate of drug-likeness (QED) is 0.360. The summed E-state index contributed by atoms with van der Waals surface area (Å²) < 4.78 is 10.7. The van der Waals surface area contributed by atoms with Gasteiger partial charge in [0, 0.05) is 11.8 Å². The molecule has 3 aromatic carbocycles. The first-order valence-corrected chi connectivity index (χ1v) is 9.98. The summed E-state index contributed by atoms with van der Waals surface area (Å²) in [6.07, 6.45) is 1.80. The average Bonchev–Trinajstić information content (AvgIpc) is 3.23. The summed E-state index contributed by atoms with van der Waals surface area (Å²) in [6.45, 7) is 0. The highest BCUT2D eigenvalue weighted by molar-refractivity contribution is 7.19. The number of ether oxygens (including phenoxy) is 2. The molecule has 29 heavy (non-hydrogen) atoms. The summed E-state index contributed by atoms with van der Waals surface area (Å²) in [5.41, 5.74) is 4.08. The number of methoxy groups -OCH3 is 2. The molecule has 0 fully saturated rings. The molecule has 0 bridgehead atoms. The highest BCUT2D eigenvalue weighted by atomic mass is 32.1. The minimum Gasteiger partial charge on any atom is -0.493 e. The maximum atomic E-state index is 5.37. The Balaban J connectivity index is 1.72. The van der Waals surface area contributed by atoms with Gasteiger partial charge in [0.2, 0.25) is 5.13 Å². The van der Waals surface area contributed by atoms with E-state index in [1.165, 1.54) is 0 Å². The van der Waals surface area contributed by atoms with Crippen LogP contribution in [0.4, 0.5) is 5.13 Å². The molecule has 1 aromatic heterocycles. The number of aromatic nitrogens is 1. The van der Waals surface area contributed by atoms with Crippen LogP contribution in [0.1, 0.15) is 5.56 Å². The van der Waals surface area contributed by atoms with Crippen molar-refractivity contribution in [1.82, 2.24) is 4.98 Å². The lowest BCUT2D eigenvalue weighted by atomic mass is 10.1. The third-order valence-corrected chi connectivity index (χ3v) is 5.44. The summed E-state index contributed by atoms with van der Waals surface area (Å²) in [6, 6.07) is 26.2. The molecule has 4 nitrogen and oxygen atoms in total. The van der Waals surface area contributed by atoms with Crippen molar-refractivity contribution in [2.24, 2.45) is 4.99 Å². The van der Waals surface area contributed by atoms with Gasteiger partial charge in [0.1, 0.15) is 0 Å². The second-order valence-electron chi connectivity index (χ2n) is 6.28. The van der Waals surface area contributed by atoms with Crippen LogP contribution in [0, 0.1) is 0 Å². The average molecular weight is 401 g/mol. The van der Waals surface area contributed by atoms with Crippen LogP contribution in [-0.4, -0.2) is 25.4 Å². The molecule has 0 amide bonds. The van der Waals surface area contributed by atoms with Crippen molar-refractivity contribution in [3.05, 3.63) is 84.4 Å². The molecule has 0 aliphatic rings. The van der Waals surface area contributed by atoms with Gasteiger partial charge in [-0.05, 0) is 29.3 Å². The summed E-state index contributed by atoms with van der Waals surface area (Å²) >= 11 is 1.58. The summed E-state index contributed by atoms with van der Waals surface area (Å²) in [7, 11) is 3.25. The van der Waals surface area contributed by atoms with Gasteiger partial charge in [-0.15, -0.1) is 0 Å². The lowest BCUT2D eigenvalue weighted by Crippen LogP contribution is -1.91. The number of benzene rings is 3. The Labute approximate surface area is 174 Å². The zero-order valence-electron chi connectivity index (χ0n) is 16.2. The van der Waals surface area contributed by atoms with E-state index < -0.39 is 0 Å². The Morgan fingerprint density at radius 3 is 2.10 bits per heavy atom. The van der Waals surface area contributed by atoms with E-state index in [1.807, 2.05) is 54.6 Å². The van der Waals surface area contributed by atoms with E-state index in [2.05, 4.69) is 29.3 Å². The smallest absolute Gasteiger partial charge is 0.210 e. The number of aliphatic imine (C=N–C) groups is 1. The summed E-state index contributed by atoms with van der Waals surface area (Å²) in [5.74, 6) is 1.36. The minimum absolute atomic E-state index is 0.672. The van der Waals surface area contributed by atoms with E-state index in [9.17, 15) is 0 Å². The molecule has 0 aliphatic heterocycles. The number of nitrogens with zero attached hydrogens (tertiary/aromatic N) is 2. The van der Waals surface area contributed by atoms with Gasteiger partial charge in [0.25, 0.3) is 0 Å². The SMILES string of the molecule is COc1ccc(C=Nc2nc(-c3ccccc3)c(-c3ccccc3)s2)cc1OC. The Bertz CT molecular complexity index is 1070. The van der Waals surface area contributed by atoms with Crippen molar-refractivity contribution in [3.8, 4) is 33.2 Å². The van der Waals surface area contributed by atoms with Crippen LogP contribution < -0.4 is 9.47 Å². The largest absolute Gasteiger partial charge is 0.493 e. The Kier molecular flexibility index (Phi) is 5.68. The molecular formula is C24H20N2O2S. The van der Waals surface area contributed by atoms with Crippen molar-refractivity contribution in [1.29, 1.82) is 0 Å². The molecule has 0 aliphatic carbocycles. The molecule has 0 spiro atoms. The predicted octanol–water partition coefficient (Wildman–Crippen LogP) is 6.24. The van der Waals surface area contributed by atoms with Crippen LogP contribution in [-0.2, 0) is 0 Å². The molecule has 4 rings (SSSR count). The third kappa shape index (κ3) is 4.20. The van der Waals surface area contributed by atoms with Crippen molar-refractivity contribution in [2.75, 3.05) is 14.2 Å². The number of hydrogen-bond acceptors (Lipinski definition) is 5. The standard InChI is InChI=1S/C24H20N2O2S/c1-27-20-14-13-17(15-21(20)28-2)16-25-24-26-22(18-9-5-3-6-10-18)23(29-24)19-11-7-4-8-12-19/h3-16H,1-2H3. The number of thiazole rings is 1. The number of hydrogen-bond donors (Lipinski definition) is 0. The van der Waals surface area contributed by atoms with E-state index in [4.69, 9.17) is 14.5 Å². The molecule has 0 atom stereocenters. The molecule has 144 valence electrons. The van der Waals surface area contributed by atoms with Gasteiger partial charge in [-0.3, -0.25) is 0 Å². The topological polar surface area (TPSA) is 43.7 Å². The fraction of sp³-hybridized carbons (Fsp3) is 0.0833. The van der Waals surface area contributed by atoms with E-state index in [1.54, 1.807) is 31.8 Å². The van der Waals surface area contributed by atoms with E-state index >= 15 is 0 Å². The normalized spacial score (nSPS) is 11.0. The fourth-order valence-corrected chi connectivity index (χ4v) is 3.94. The fourth-order valence-electron chi connectivity index (χ4n) is 3.00. The highest BCUT2D eigenvalue weighted by Gasteiger charge is 2.14. The summed E-state index contributed by atoms with van der Waals surface area (Å²) in [5, 5.41) is 0.706. The highest BCUT2D eigenvalue weighted by Crippen LogP contribution is 2.40. The van der Waals surface area contributed by atoms with Gasteiger partial charge in [0.05, 0.1) is 24.8 Å². The zero-order valence-corrected chi connectivity index (χ0v) is 17.0. The van der Waals surface area contributed by atoms with Crippen LogP contribution in [0.3, 0.4) is 0 Å². The Morgan fingerprint density at radius 2 is 1.45 bits per heavy atom. The molecule has 0 unspecified atom stereocenters. The van der Waals surface area contributed by atoms with Gasteiger partial charge in [0.15, 0.2) is 11.5 Å². The van der Waals surface area contributed by atoms with Crippen LogP contribution in [0.2, 0.25) is 0 Å². The van der Waals surface area contributed by atoms with Gasteiger partial charge in [-0.25, -0.2) is 9.98 Å². The zero-order chi connectivity index (χ0) is 20.1. The summed E-state index contributed by atoms with van der Waals surface area (Å²) in [4.78, 5) is 10.5. The molecule has 0 radical (unpaired) electrons. The Hall–Kier alpha value is -3.44. The molecule has 0 N–H and O–H groups in total. The first kappa shape index (κ1) is 18.9. The first-order chi connectivity index (χ1) is 14.3. The first-order valence-electron chi connectivity index (χ1n) is 9.16.